The van der Waals surface area contributed by atoms with E-state index in [0.717, 1.165) is 40.3 Å². The number of anilines is 2. The molecule has 9 heteroatoms. The number of benzene rings is 2. The van der Waals surface area contributed by atoms with Crippen molar-refractivity contribution in [1.82, 2.24) is 14.9 Å². The lowest BCUT2D eigenvalue weighted by Crippen LogP contribution is -2.29. The van der Waals surface area contributed by atoms with Crippen LogP contribution in [0, 0.1) is 20.8 Å². The summed E-state index contributed by atoms with van der Waals surface area (Å²) >= 11 is 5.86. The first-order chi connectivity index (χ1) is 17.6. The van der Waals surface area contributed by atoms with E-state index in [4.69, 9.17) is 12.2 Å². The molecule has 3 heterocycles. The van der Waals surface area contributed by atoms with Crippen molar-refractivity contribution in [3.8, 4) is 5.69 Å². The smallest absolute Gasteiger partial charge is 0.229 e. The first kappa shape index (κ1) is 25.0. The fraction of sp³-hybridized carbons (Fsp3) is 0.214. The van der Waals surface area contributed by atoms with Crippen LogP contribution in [0.1, 0.15) is 40.3 Å². The molecule has 1 aliphatic rings. The molecule has 5 rings (SSSR count). The average Bonchev–Trinajstić information content (AvgIpc) is 3.35. The normalized spacial score (nSPS) is 17.6. The van der Waals surface area contributed by atoms with Crippen molar-refractivity contribution in [2.75, 3.05) is 15.9 Å². The number of nitrogens with zero attached hydrogens (tertiary/aromatic N) is 3. The van der Waals surface area contributed by atoms with E-state index in [-0.39, 0.29) is 12.1 Å². The fourth-order valence-electron chi connectivity index (χ4n) is 5.03. The lowest BCUT2D eigenvalue weighted by molar-refractivity contribution is 0.565. The number of thiocarbonyl (C=S) groups is 1. The summed E-state index contributed by atoms with van der Waals surface area (Å²) in [6.07, 6.45) is 2.93. The molecule has 2 N–H and O–H groups in total. The summed E-state index contributed by atoms with van der Waals surface area (Å²) in [6.45, 7) is 6.33. The Hall–Kier alpha value is -3.69. The summed E-state index contributed by atoms with van der Waals surface area (Å²) in [5, 5.41) is 4.09. The zero-order valence-electron chi connectivity index (χ0n) is 21.1. The van der Waals surface area contributed by atoms with Crippen molar-refractivity contribution in [2.24, 2.45) is 0 Å². The summed E-state index contributed by atoms with van der Waals surface area (Å²) in [7, 11) is -3.37. The van der Waals surface area contributed by atoms with Crippen LogP contribution in [0.25, 0.3) is 5.69 Å². The van der Waals surface area contributed by atoms with Crippen LogP contribution >= 0.6 is 12.2 Å². The van der Waals surface area contributed by atoms with Crippen LogP contribution in [0.3, 0.4) is 0 Å². The van der Waals surface area contributed by atoms with Crippen LogP contribution in [0.5, 0.6) is 0 Å². The van der Waals surface area contributed by atoms with Crippen molar-refractivity contribution in [1.29, 1.82) is 0 Å². The zero-order valence-corrected chi connectivity index (χ0v) is 22.8. The quantitative estimate of drug-likeness (QED) is 0.327. The van der Waals surface area contributed by atoms with Crippen molar-refractivity contribution >= 4 is 38.7 Å². The van der Waals surface area contributed by atoms with Crippen LogP contribution in [-0.4, -0.2) is 29.3 Å². The van der Waals surface area contributed by atoms with Gasteiger partial charge in [-0.3, -0.25) is 9.71 Å². The van der Waals surface area contributed by atoms with Crippen LogP contribution in [0.4, 0.5) is 11.4 Å². The van der Waals surface area contributed by atoms with Gasteiger partial charge in [-0.05, 0) is 93.1 Å². The van der Waals surface area contributed by atoms with Crippen LogP contribution < -0.4 is 14.9 Å². The molecule has 2 unspecified atom stereocenters. The predicted octanol–water partition coefficient (Wildman–Crippen LogP) is 5.35. The SMILES string of the molecule is Cc1ccc(-n2c(C)cc(C3C(c4ccccn4)NC(=S)N3c3ccc(NS(C)(=O)=O)cc3)c2C)cc1. The Morgan fingerprint density at radius 2 is 1.62 bits per heavy atom. The van der Waals surface area contributed by atoms with Gasteiger partial charge in [0.2, 0.25) is 10.0 Å². The van der Waals surface area contributed by atoms with Gasteiger partial charge in [0.25, 0.3) is 0 Å². The standard InChI is InChI=1S/C28H29N5O2S2/c1-18-8-12-22(13-9-18)32-19(2)17-24(20(32)3)27-26(25-7-5-6-16-29-25)30-28(36)33(27)23-14-10-21(11-15-23)31-37(4,34)35/h5-17,26-27,31H,1-4H3,(H,30,36). The molecule has 190 valence electrons. The van der Waals surface area contributed by atoms with Gasteiger partial charge in [0, 0.05) is 34.6 Å². The third-order valence-corrected chi connectivity index (χ3v) is 7.55. The highest BCUT2D eigenvalue weighted by Gasteiger charge is 2.42. The maximum absolute atomic E-state index is 11.7. The summed E-state index contributed by atoms with van der Waals surface area (Å²) < 4.78 is 28.1. The number of aromatic nitrogens is 2. The molecule has 0 radical (unpaired) electrons. The second-order valence-corrected chi connectivity index (χ2v) is 11.6. The molecule has 2 aromatic heterocycles. The van der Waals surface area contributed by atoms with Gasteiger partial charge in [0.15, 0.2) is 5.11 Å². The van der Waals surface area contributed by atoms with E-state index in [1.165, 1.54) is 5.56 Å². The lowest BCUT2D eigenvalue weighted by atomic mass is 9.96. The molecule has 0 spiro atoms. The molecule has 0 aliphatic carbocycles. The molecule has 4 aromatic rings. The van der Waals surface area contributed by atoms with Gasteiger partial charge in [-0.2, -0.15) is 0 Å². The minimum absolute atomic E-state index is 0.165. The number of aryl methyl sites for hydroxylation is 2. The molecule has 0 bridgehead atoms. The number of hydrogen-bond acceptors (Lipinski definition) is 4. The summed E-state index contributed by atoms with van der Waals surface area (Å²) in [6, 6.07) is 23.6. The fourth-order valence-corrected chi connectivity index (χ4v) is 5.94. The molecule has 1 fully saturated rings. The number of hydrogen-bond donors (Lipinski definition) is 2. The Labute approximate surface area is 223 Å². The molecule has 0 amide bonds. The second-order valence-electron chi connectivity index (χ2n) is 9.42. The minimum Gasteiger partial charge on any atom is -0.351 e. The maximum Gasteiger partial charge on any atom is 0.229 e. The molecular weight excluding hydrogens is 502 g/mol. The van der Waals surface area contributed by atoms with Crippen LogP contribution in [0.15, 0.2) is 79.0 Å². The number of rotatable bonds is 6. The number of sulfonamides is 1. The molecule has 0 saturated carbocycles. The summed E-state index contributed by atoms with van der Waals surface area (Å²) in [5.41, 5.74) is 7.97. The lowest BCUT2D eigenvalue weighted by Gasteiger charge is -2.28. The Balaban J connectivity index is 1.62. The van der Waals surface area contributed by atoms with Crippen molar-refractivity contribution in [2.45, 2.75) is 32.9 Å². The monoisotopic (exact) mass is 531 g/mol. The third kappa shape index (κ3) is 4.97. The molecule has 7 nitrogen and oxygen atoms in total. The largest absolute Gasteiger partial charge is 0.351 e. The highest BCUT2D eigenvalue weighted by molar-refractivity contribution is 7.92. The van der Waals surface area contributed by atoms with Gasteiger partial charge in [-0.15, -0.1) is 0 Å². The van der Waals surface area contributed by atoms with E-state index in [9.17, 15) is 8.42 Å². The van der Waals surface area contributed by atoms with Gasteiger partial charge in [0.05, 0.1) is 24.0 Å². The Morgan fingerprint density at radius 1 is 0.946 bits per heavy atom. The summed E-state index contributed by atoms with van der Waals surface area (Å²) in [5.74, 6) is 0. The number of nitrogens with one attached hydrogen (secondary N) is 2. The van der Waals surface area contributed by atoms with Gasteiger partial charge in [-0.1, -0.05) is 23.8 Å². The van der Waals surface area contributed by atoms with Gasteiger partial charge in [0.1, 0.15) is 0 Å². The highest BCUT2D eigenvalue weighted by Crippen LogP contribution is 2.44. The third-order valence-electron chi connectivity index (χ3n) is 6.63. The molecular formula is C28H29N5O2S2. The second kappa shape index (κ2) is 9.64. The van der Waals surface area contributed by atoms with E-state index >= 15 is 0 Å². The van der Waals surface area contributed by atoms with Crippen LogP contribution in [-0.2, 0) is 10.0 Å². The van der Waals surface area contributed by atoms with E-state index in [1.807, 2.05) is 30.3 Å². The Kier molecular flexibility index (Phi) is 6.51. The van der Waals surface area contributed by atoms with E-state index in [0.29, 0.717) is 10.8 Å². The summed E-state index contributed by atoms with van der Waals surface area (Å²) in [4.78, 5) is 6.75. The van der Waals surface area contributed by atoms with Gasteiger partial charge in [-0.25, -0.2) is 8.42 Å². The van der Waals surface area contributed by atoms with Crippen molar-refractivity contribution < 1.29 is 8.42 Å². The maximum atomic E-state index is 11.7. The average molecular weight is 532 g/mol. The molecule has 1 saturated heterocycles. The zero-order chi connectivity index (χ0) is 26.3. The van der Waals surface area contributed by atoms with Crippen LogP contribution in [0.2, 0.25) is 0 Å². The van der Waals surface area contributed by atoms with E-state index in [1.54, 1.807) is 18.3 Å². The first-order valence-electron chi connectivity index (χ1n) is 12.0. The van der Waals surface area contributed by atoms with E-state index < -0.39 is 10.0 Å². The molecule has 37 heavy (non-hydrogen) atoms. The van der Waals surface area contributed by atoms with Crippen molar-refractivity contribution in [3.05, 3.63) is 107 Å². The Morgan fingerprint density at radius 3 is 2.24 bits per heavy atom. The minimum atomic E-state index is -3.37. The Bertz CT molecular complexity index is 1550. The van der Waals surface area contributed by atoms with Gasteiger partial charge < -0.3 is 14.8 Å². The first-order valence-corrected chi connectivity index (χ1v) is 14.3. The topological polar surface area (TPSA) is 79.3 Å². The van der Waals surface area contributed by atoms with Gasteiger partial charge >= 0.3 is 0 Å². The number of pyridine rings is 1. The molecule has 1 aliphatic heterocycles. The molecule has 2 atom stereocenters. The van der Waals surface area contributed by atoms with E-state index in [2.05, 4.69) is 75.6 Å². The van der Waals surface area contributed by atoms with Crippen molar-refractivity contribution in [3.63, 3.8) is 0 Å². The highest BCUT2D eigenvalue weighted by atomic mass is 32.2. The predicted molar refractivity (Wildman–Crippen MR) is 153 cm³/mol. The molecule has 2 aromatic carbocycles.